The fraction of sp³-hybridized carbons (Fsp3) is 0.118. The van der Waals surface area contributed by atoms with E-state index in [1.807, 2.05) is 37.4 Å². The van der Waals surface area contributed by atoms with Gasteiger partial charge in [0.05, 0.1) is 11.4 Å². The standard InChI is InChI=1S/C17H16N2/c1-13(12-15-8-4-3-5-9-15)17-14(2)18-16-10-6-7-11-19(16)17/h3-11H,1,12H2,2H3. The minimum Gasteiger partial charge on any atom is -0.300 e. The lowest BCUT2D eigenvalue weighted by molar-refractivity contribution is 1.12. The van der Waals surface area contributed by atoms with Gasteiger partial charge in [0, 0.05) is 6.20 Å². The summed E-state index contributed by atoms with van der Waals surface area (Å²) in [6.45, 7) is 6.28. The molecule has 0 saturated carbocycles. The Morgan fingerprint density at radius 1 is 1.11 bits per heavy atom. The number of pyridine rings is 1. The molecular formula is C17H16N2. The number of hydrogen-bond donors (Lipinski definition) is 0. The highest BCUT2D eigenvalue weighted by molar-refractivity contribution is 5.68. The molecule has 2 heteroatoms. The molecule has 0 saturated heterocycles. The Bertz CT molecular complexity index is 723. The van der Waals surface area contributed by atoms with Crippen molar-refractivity contribution in [2.24, 2.45) is 0 Å². The Balaban J connectivity index is 2.00. The molecule has 1 aromatic carbocycles. The summed E-state index contributed by atoms with van der Waals surface area (Å²) in [5.74, 6) is 0. The number of nitrogens with zero attached hydrogens (tertiary/aromatic N) is 2. The molecular weight excluding hydrogens is 232 g/mol. The molecule has 0 bridgehead atoms. The number of allylic oxidation sites excluding steroid dienone is 1. The van der Waals surface area contributed by atoms with Gasteiger partial charge in [-0.15, -0.1) is 0 Å². The molecule has 0 N–H and O–H groups in total. The molecule has 0 fully saturated rings. The average Bonchev–Trinajstić information content (AvgIpc) is 2.75. The van der Waals surface area contributed by atoms with Crippen LogP contribution in [-0.2, 0) is 6.42 Å². The van der Waals surface area contributed by atoms with Gasteiger partial charge in [-0.25, -0.2) is 4.98 Å². The second-order valence-electron chi connectivity index (χ2n) is 4.74. The molecule has 0 atom stereocenters. The van der Waals surface area contributed by atoms with Crippen LogP contribution in [0.4, 0.5) is 0 Å². The van der Waals surface area contributed by atoms with E-state index in [-0.39, 0.29) is 0 Å². The maximum Gasteiger partial charge on any atom is 0.137 e. The highest BCUT2D eigenvalue weighted by Gasteiger charge is 2.11. The molecule has 94 valence electrons. The molecule has 0 aliphatic carbocycles. The van der Waals surface area contributed by atoms with Gasteiger partial charge in [-0.3, -0.25) is 4.40 Å². The van der Waals surface area contributed by atoms with E-state index in [2.05, 4.69) is 40.2 Å². The Labute approximate surface area is 113 Å². The molecule has 2 heterocycles. The van der Waals surface area contributed by atoms with E-state index in [1.54, 1.807) is 0 Å². The molecule has 2 nitrogen and oxygen atoms in total. The summed E-state index contributed by atoms with van der Waals surface area (Å²) < 4.78 is 2.11. The normalized spacial score (nSPS) is 10.8. The first-order chi connectivity index (χ1) is 9.25. The van der Waals surface area contributed by atoms with E-state index in [0.717, 1.165) is 29.0 Å². The topological polar surface area (TPSA) is 17.3 Å². The Morgan fingerprint density at radius 3 is 2.63 bits per heavy atom. The van der Waals surface area contributed by atoms with Gasteiger partial charge in [-0.05, 0) is 36.6 Å². The first kappa shape index (κ1) is 11.7. The van der Waals surface area contributed by atoms with Crippen LogP contribution in [0, 0.1) is 6.92 Å². The van der Waals surface area contributed by atoms with Crippen molar-refractivity contribution in [3.05, 3.63) is 78.3 Å². The predicted molar refractivity (Wildman–Crippen MR) is 79.1 cm³/mol. The van der Waals surface area contributed by atoms with Crippen molar-refractivity contribution in [2.75, 3.05) is 0 Å². The van der Waals surface area contributed by atoms with Gasteiger partial charge >= 0.3 is 0 Å². The van der Waals surface area contributed by atoms with E-state index >= 15 is 0 Å². The number of rotatable bonds is 3. The third kappa shape index (κ3) is 2.17. The molecule has 3 aromatic rings. The Morgan fingerprint density at radius 2 is 1.84 bits per heavy atom. The summed E-state index contributed by atoms with van der Waals surface area (Å²) in [5.41, 5.74) is 5.51. The fourth-order valence-corrected chi connectivity index (χ4v) is 2.47. The van der Waals surface area contributed by atoms with E-state index in [4.69, 9.17) is 0 Å². The molecule has 0 unspecified atom stereocenters. The summed E-state index contributed by atoms with van der Waals surface area (Å²) in [6, 6.07) is 16.5. The van der Waals surface area contributed by atoms with Gasteiger partial charge in [0.1, 0.15) is 5.65 Å². The van der Waals surface area contributed by atoms with E-state index in [0.29, 0.717) is 0 Å². The lowest BCUT2D eigenvalue weighted by Crippen LogP contribution is -1.96. The average molecular weight is 248 g/mol. The monoisotopic (exact) mass is 248 g/mol. The number of aromatic nitrogens is 2. The van der Waals surface area contributed by atoms with Gasteiger partial charge in [0.2, 0.25) is 0 Å². The summed E-state index contributed by atoms with van der Waals surface area (Å²) >= 11 is 0. The second kappa shape index (κ2) is 4.73. The maximum absolute atomic E-state index is 4.58. The minimum absolute atomic E-state index is 0.852. The number of fused-ring (bicyclic) bond motifs is 1. The van der Waals surface area contributed by atoms with E-state index in [9.17, 15) is 0 Å². The zero-order valence-corrected chi connectivity index (χ0v) is 11.0. The van der Waals surface area contributed by atoms with Crippen LogP contribution in [0.3, 0.4) is 0 Å². The number of aryl methyl sites for hydroxylation is 1. The summed E-state index contributed by atoms with van der Waals surface area (Å²) in [6.07, 6.45) is 2.89. The summed E-state index contributed by atoms with van der Waals surface area (Å²) in [5, 5.41) is 0. The zero-order valence-electron chi connectivity index (χ0n) is 11.0. The first-order valence-corrected chi connectivity index (χ1v) is 6.41. The lowest BCUT2D eigenvalue weighted by atomic mass is 10.0. The van der Waals surface area contributed by atoms with Crippen molar-refractivity contribution in [2.45, 2.75) is 13.3 Å². The first-order valence-electron chi connectivity index (χ1n) is 6.41. The quantitative estimate of drug-likeness (QED) is 0.687. The van der Waals surface area contributed by atoms with Crippen LogP contribution in [0.5, 0.6) is 0 Å². The van der Waals surface area contributed by atoms with E-state index < -0.39 is 0 Å². The maximum atomic E-state index is 4.58. The van der Waals surface area contributed by atoms with Crippen molar-refractivity contribution in [3.8, 4) is 0 Å². The molecule has 0 aliphatic rings. The van der Waals surface area contributed by atoms with Crippen LogP contribution in [0.15, 0.2) is 61.3 Å². The molecule has 2 aromatic heterocycles. The minimum atomic E-state index is 0.852. The van der Waals surface area contributed by atoms with Crippen molar-refractivity contribution < 1.29 is 0 Å². The van der Waals surface area contributed by atoms with E-state index in [1.165, 1.54) is 5.56 Å². The van der Waals surface area contributed by atoms with Gasteiger partial charge in [0.15, 0.2) is 0 Å². The lowest BCUT2D eigenvalue weighted by Gasteiger charge is -2.07. The van der Waals surface area contributed by atoms with Crippen LogP contribution in [0.1, 0.15) is 17.0 Å². The summed E-state index contributed by atoms with van der Waals surface area (Å²) in [7, 11) is 0. The molecule has 0 amide bonds. The van der Waals surface area contributed by atoms with Crippen molar-refractivity contribution in [3.63, 3.8) is 0 Å². The largest absolute Gasteiger partial charge is 0.300 e. The highest BCUT2D eigenvalue weighted by Crippen LogP contribution is 2.22. The van der Waals surface area contributed by atoms with Gasteiger partial charge < -0.3 is 0 Å². The van der Waals surface area contributed by atoms with Crippen LogP contribution in [0.2, 0.25) is 0 Å². The van der Waals surface area contributed by atoms with Crippen molar-refractivity contribution in [1.82, 2.24) is 9.38 Å². The Hall–Kier alpha value is -2.35. The smallest absolute Gasteiger partial charge is 0.137 e. The number of benzene rings is 1. The van der Waals surface area contributed by atoms with Crippen LogP contribution in [0.25, 0.3) is 11.2 Å². The van der Waals surface area contributed by atoms with Crippen molar-refractivity contribution >= 4 is 11.2 Å². The van der Waals surface area contributed by atoms with Gasteiger partial charge in [0.25, 0.3) is 0 Å². The predicted octanol–water partition coefficient (Wildman–Crippen LogP) is 3.90. The third-order valence-corrected chi connectivity index (χ3v) is 3.30. The highest BCUT2D eigenvalue weighted by atomic mass is 15.0. The SMILES string of the molecule is C=C(Cc1ccccc1)c1c(C)nc2ccccn12. The van der Waals surface area contributed by atoms with Crippen LogP contribution < -0.4 is 0 Å². The zero-order chi connectivity index (χ0) is 13.2. The molecule has 3 rings (SSSR count). The van der Waals surface area contributed by atoms with Gasteiger partial charge in [-0.2, -0.15) is 0 Å². The van der Waals surface area contributed by atoms with Crippen LogP contribution >= 0.6 is 0 Å². The van der Waals surface area contributed by atoms with Crippen LogP contribution in [-0.4, -0.2) is 9.38 Å². The Kier molecular flexibility index (Phi) is 2.92. The van der Waals surface area contributed by atoms with Gasteiger partial charge in [-0.1, -0.05) is 43.0 Å². The summed E-state index contributed by atoms with van der Waals surface area (Å²) in [4.78, 5) is 4.58. The molecule has 0 radical (unpaired) electrons. The number of imidazole rings is 1. The molecule has 19 heavy (non-hydrogen) atoms. The second-order valence-corrected chi connectivity index (χ2v) is 4.74. The third-order valence-electron chi connectivity index (χ3n) is 3.30. The van der Waals surface area contributed by atoms with Crippen molar-refractivity contribution in [1.29, 1.82) is 0 Å². The molecule has 0 spiro atoms. The number of hydrogen-bond acceptors (Lipinski definition) is 1. The molecule has 0 aliphatic heterocycles. The fourth-order valence-electron chi connectivity index (χ4n) is 2.47.